The molecule has 28 heavy (non-hydrogen) atoms. The van der Waals surface area contributed by atoms with Gasteiger partial charge in [-0.3, -0.25) is 14.9 Å². The quantitative estimate of drug-likeness (QED) is 0.588. The molecule has 7 heteroatoms. The number of benzene rings is 2. The predicted molar refractivity (Wildman–Crippen MR) is 106 cm³/mol. The van der Waals surface area contributed by atoms with Gasteiger partial charge in [0.15, 0.2) is 0 Å². The topological polar surface area (TPSA) is 68.5 Å². The van der Waals surface area contributed by atoms with Crippen molar-refractivity contribution >= 4 is 35.2 Å². The summed E-state index contributed by atoms with van der Waals surface area (Å²) in [4.78, 5) is 25.2. The number of carbonyl (C=O) groups excluding carboxylic acids is 2. The maximum Gasteiger partial charge on any atom is 0.237 e. The number of imide groups is 1. The fourth-order valence-corrected chi connectivity index (χ4v) is 4.05. The van der Waals surface area contributed by atoms with Crippen molar-refractivity contribution < 1.29 is 18.7 Å². The Kier molecular flexibility index (Phi) is 5.41. The Morgan fingerprint density at radius 3 is 2.61 bits per heavy atom. The van der Waals surface area contributed by atoms with Crippen molar-refractivity contribution in [3.8, 4) is 5.75 Å². The van der Waals surface area contributed by atoms with Crippen molar-refractivity contribution in [3.05, 3.63) is 77.2 Å². The molecule has 4 rings (SSSR count). The third-order valence-electron chi connectivity index (χ3n) is 4.35. The van der Waals surface area contributed by atoms with Crippen molar-refractivity contribution in [1.82, 2.24) is 5.32 Å². The number of nitrogens with one attached hydrogen (secondary N) is 1. The van der Waals surface area contributed by atoms with E-state index in [1.54, 1.807) is 6.07 Å². The lowest BCUT2D eigenvalue weighted by Gasteiger charge is -2.09. The van der Waals surface area contributed by atoms with Gasteiger partial charge in [-0.05, 0) is 36.4 Å². The van der Waals surface area contributed by atoms with Gasteiger partial charge in [0.05, 0.1) is 11.2 Å². The van der Waals surface area contributed by atoms with Gasteiger partial charge in [0.1, 0.15) is 24.0 Å². The van der Waals surface area contributed by atoms with E-state index in [4.69, 9.17) is 20.8 Å². The van der Waals surface area contributed by atoms with E-state index in [2.05, 4.69) is 5.32 Å². The molecule has 1 fully saturated rings. The Hall–Kier alpha value is -2.70. The number of hydrogen-bond donors (Lipinski definition) is 1. The van der Waals surface area contributed by atoms with Gasteiger partial charge < -0.3 is 9.15 Å². The second-order valence-electron chi connectivity index (χ2n) is 6.27. The van der Waals surface area contributed by atoms with Crippen molar-refractivity contribution in [1.29, 1.82) is 0 Å². The summed E-state index contributed by atoms with van der Waals surface area (Å²) >= 11 is 7.62. The molecule has 0 radical (unpaired) electrons. The van der Waals surface area contributed by atoms with Gasteiger partial charge in [-0.1, -0.05) is 41.6 Å². The van der Waals surface area contributed by atoms with Crippen LogP contribution in [-0.4, -0.2) is 11.8 Å². The van der Waals surface area contributed by atoms with E-state index in [0.29, 0.717) is 17.4 Å². The third-order valence-corrected chi connectivity index (χ3v) is 5.78. The Labute approximate surface area is 171 Å². The van der Waals surface area contributed by atoms with Crippen LogP contribution in [0.25, 0.3) is 0 Å². The molecule has 0 aliphatic carbocycles. The maximum absolute atomic E-state index is 11.9. The molecule has 5 nitrogen and oxygen atoms in total. The van der Waals surface area contributed by atoms with E-state index in [-0.39, 0.29) is 18.2 Å². The lowest BCUT2D eigenvalue weighted by Crippen LogP contribution is -2.21. The molecule has 1 N–H and O–H groups in total. The van der Waals surface area contributed by atoms with Crippen LogP contribution in [0.15, 0.2) is 75.1 Å². The molecule has 1 atom stereocenters. The van der Waals surface area contributed by atoms with Crippen LogP contribution < -0.4 is 10.1 Å². The highest BCUT2D eigenvalue weighted by atomic mass is 35.5. The molecule has 0 saturated carbocycles. The zero-order valence-corrected chi connectivity index (χ0v) is 16.3. The average molecular weight is 414 g/mol. The van der Waals surface area contributed by atoms with Crippen molar-refractivity contribution in [3.63, 3.8) is 0 Å². The van der Waals surface area contributed by atoms with Gasteiger partial charge in [0, 0.05) is 21.9 Å². The molecule has 1 aromatic heterocycles. The van der Waals surface area contributed by atoms with E-state index in [0.717, 1.165) is 21.1 Å². The van der Waals surface area contributed by atoms with E-state index >= 15 is 0 Å². The first-order valence-corrected chi connectivity index (χ1v) is 9.85. The third kappa shape index (κ3) is 4.08. The minimum Gasteiger partial charge on any atom is -0.489 e. The highest BCUT2D eigenvalue weighted by Crippen LogP contribution is 2.38. The molecule has 2 amide bonds. The van der Waals surface area contributed by atoms with Crippen LogP contribution in [0.3, 0.4) is 0 Å². The molecular formula is C21H16ClNO4S. The maximum atomic E-state index is 11.9. The van der Waals surface area contributed by atoms with Crippen LogP contribution in [0.2, 0.25) is 5.02 Å². The van der Waals surface area contributed by atoms with Crippen LogP contribution in [-0.2, 0) is 16.2 Å². The zero-order valence-electron chi connectivity index (χ0n) is 14.7. The van der Waals surface area contributed by atoms with Crippen molar-refractivity contribution in [2.45, 2.75) is 28.7 Å². The number of ether oxygens (including phenoxy) is 1. The summed E-state index contributed by atoms with van der Waals surface area (Å²) < 4.78 is 11.3. The van der Waals surface area contributed by atoms with Gasteiger partial charge >= 0.3 is 0 Å². The number of amides is 2. The summed E-state index contributed by atoms with van der Waals surface area (Å²) in [6.07, 6.45) is 1.66. The molecule has 1 aliphatic rings. The van der Waals surface area contributed by atoms with Crippen LogP contribution in [0, 0.1) is 0 Å². The van der Waals surface area contributed by atoms with E-state index in [1.807, 2.05) is 48.5 Å². The first kappa shape index (κ1) is 18.7. The Balaban J connectivity index is 1.42. The molecule has 2 aromatic carbocycles. The lowest BCUT2D eigenvalue weighted by atomic mass is 10.1. The van der Waals surface area contributed by atoms with E-state index in [9.17, 15) is 9.59 Å². The molecule has 1 saturated heterocycles. The number of carbonyl (C=O) groups is 2. The predicted octanol–water partition coefficient (Wildman–Crippen LogP) is 4.79. The molecule has 142 valence electrons. The van der Waals surface area contributed by atoms with Crippen molar-refractivity contribution in [2.24, 2.45) is 0 Å². The van der Waals surface area contributed by atoms with Gasteiger partial charge in [0.2, 0.25) is 11.8 Å². The summed E-state index contributed by atoms with van der Waals surface area (Å²) in [6, 6.07) is 17.0. The SMILES string of the molecule is O=C1CC(c2occc2Sc2ccc(OCc3ccccc3Cl)cc2)C(=O)N1. The zero-order chi connectivity index (χ0) is 19.5. The van der Waals surface area contributed by atoms with Gasteiger partial charge in [0.25, 0.3) is 0 Å². The number of furan rings is 1. The second kappa shape index (κ2) is 8.12. The fourth-order valence-electron chi connectivity index (χ4n) is 2.92. The summed E-state index contributed by atoms with van der Waals surface area (Å²) in [7, 11) is 0. The number of halogens is 1. The average Bonchev–Trinajstić information content (AvgIpc) is 3.27. The molecule has 0 spiro atoms. The highest BCUT2D eigenvalue weighted by molar-refractivity contribution is 7.99. The lowest BCUT2D eigenvalue weighted by molar-refractivity contribution is -0.125. The Morgan fingerprint density at radius 1 is 1.11 bits per heavy atom. The largest absolute Gasteiger partial charge is 0.489 e. The monoisotopic (exact) mass is 413 g/mol. The molecule has 3 aromatic rings. The standard InChI is InChI=1S/C21H16ClNO4S/c22-17-4-2-1-3-13(17)12-27-14-5-7-15(8-6-14)28-18-9-10-26-20(18)16-11-19(24)23-21(16)25/h1-10,16H,11-12H2,(H,23,24,25). The molecule has 2 heterocycles. The van der Waals surface area contributed by atoms with Crippen LogP contribution in [0.5, 0.6) is 5.75 Å². The Bertz CT molecular complexity index is 1020. The van der Waals surface area contributed by atoms with Crippen LogP contribution in [0.4, 0.5) is 0 Å². The molecule has 0 bridgehead atoms. The highest BCUT2D eigenvalue weighted by Gasteiger charge is 2.35. The first-order valence-electron chi connectivity index (χ1n) is 8.65. The fraction of sp³-hybridized carbons (Fsp3) is 0.143. The second-order valence-corrected chi connectivity index (χ2v) is 7.79. The first-order chi connectivity index (χ1) is 13.6. The van der Waals surface area contributed by atoms with Crippen LogP contribution >= 0.6 is 23.4 Å². The van der Waals surface area contributed by atoms with Gasteiger partial charge in [-0.2, -0.15) is 0 Å². The molecule has 1 aliphatic heterocycles. The number of hydrogen-bond acceptors (Lipinski definition) is 5. The summed E-state index contributed by atoms with van der Waals surface area (Å²) in [5.74, 6) is 0.0977. The van der Waals surface area contributed by atoms with E-state index in [1.165, 1.54) is 18.0 Å². The molecule has 1 unspecified atom stereocenters. The molecular weight excluding hydrogens is 398 g/mol. The normalized spacial score (nSPS) is 16.2. The van der Waals surface area contributed by atoms with Gasteiger partial charge in [-0.15, -0.1) is 0 Å². The number of rotatable bonds is 6. The van der Waals surface area contributed by atoms with Crippen LogP contribution in [0.1, 0.15) is 23.7 Å². The Morgan fingerprint density at radius 2 is 1.89 bits per heavy atom. The van der Waals surface area contributed by atoms with Crippen molar-refractivity contribution in [2.75, 3.05) is 0 Å². The summed E-state index contributed by atoms with van der Waals surface area (Å²) in [6.45, 7) is 0.392. The minimum absolute atomic E-state index is 0.120. The van der Waals surface area contributed by atoms with Gasteiger partial charge in [-0.25, -0.2) is 0 Å². The smallest absolute Gasteiger partial charge is 0.237 e. The summed E-state index contributed by atoms with van der Waals surface area (Å²) in [5.41, 5.74) is 0.926. The summed E-state index contributed by atoms with van der Waals surface area (Å²) in [5, 5.41) is 2.99. The van der Waals surface area contributed by atoms with E-state index < -0.39 is 5.92 Å². The minimum atomic E-state index is -0.566.